The van der Waals surface area contributed by atoms with E-state index in [4.69, 9.17) is 4.74 Å². The van der Waals surface area contributed by atoms with E-state index in [1.54, 1.807) is 0 Å². The van der Waals surface area contributed by atoms with E-state index in [9.17, 15) is 0 Å². The third kappa shape index (κ3) is 1.01. The fraction of sp³-hybridized carbons (Fsp3) is 0.833. The summed E-state index contributed by atoms with van der Waals surface area (Å²) in [7, 11) is 2.07. The molecule has 1 aliphatic heterocycles. The highest BCUT2D eigenvalue weighted by atomic mass is 16.5. The molecule has 0 amide bonds. The molecule has 0 aromatic heterocycles. The molecule has 2 nitrogen and oxygen atoms in total. The molecule has 1 radical (unpaired) electrons. The molecule has 2 heteroatoms. The van der Waals surface area contributed by atoms with E-state index >= 15 is 0 Å². The fourth-order valence-corrected chi connectivity index (χ4v) is 0.660. The third-order valence-electron chi connectivity index (χ3n) is 1.60. The molecule has 0 atom stereocenters. The van der Waals surface area contributed by atoms with Gasteiger partial charge >= 0.3 is 0 Å². The molecule has 47 valence electrons. The highest BCUT2D eigenvalue weighted by Crippen LogP contribution is 2.06. The number of hydrogen-bond donors (Lipinski definition) is 0. The maximum atomic E-state index is 4.99. The Hall–Kier alpha value is -0.0800. The maximum absolute atomic E-state index is 4.99. The van der Waals surface area contributed by atoms with Crippen LogP contribution in [-0.4, -0.2) is 37.7 Å². The third-order valence-corrected chi connectivity index (χ3v) is 1.60. The summed E-state index contributed by atoms with van der Waals surface area (Å²) >= 11 is 0. The summed E-state index contributed by atoms with van der Waals surface area (Å²) in [6, 6.07) is 0.646. The van der Waals surface area contributed by atoms with Crippen LogP contribution in [-0.2, 0) is 4.74 Å². The summed E-state index contributed by atoms with van der Waals surface area (Å²) in [6.07, 6.45) is 0. The minimum Gasteiger partial charge on any atom is -0.378 e. The lowest BCUT2D eigenvalue weighted by molar-refractivity contribution is -0.0525. The highest BCUT2D eigenvalue weighted by Gasteiger charge is 2.20. The van der Waals surface area contributed by atoms with Gasteiger partial charge in [-0.25, -0.2) is 0 Å². The van der Waals surface area contributed by atoms with Crippen molar-refractivity contribution in [1.29, 1.82) is 0 Å². The van der Waals surface area contributed by atoms with Crippen LogP contribution in [0.25, 0.3) is 0 Å². The van der Waals surface area contributed by atoms with Crippen molar-refractivity contribution in [2.24, 2.45) is 0 Å². The van der Waals surface area contributed by atoms with E-state index in [-0.39, 0.29) is 0 Å². The molecular formula is C6H12NO. The average Bonchev–Trinajstić information content (AvgIpc) is 1.62. The normalized spacial score (nSPS) is 21.4. The summed E-state index contributed by atoms with van der Waals surface area (Å²) in [6.45, 7) is 6.43. The van der Waals surface area contributed by atoms with Gasteiger partial charge in [-0.15, -0.1) is 0 Å². The summed E-state index contributed by atoms with van der Waals surface area (Å²) in [5.41, 5.74) is 0. The SMILES string of the molecule is [CH2]CN(C)C1COC1. The van der Waals surface area contributed by atoms with Gasteiger partial charge in [0.1, 0.15) is 0 Å². The second-order valence-corrected chi connectivity index (χ2v) is 2.17. The molecule has 1 aliphatic rings. The van der Waals surface area contributed by atoms with Crippen molar-refractivity contribution in [2.45, 2.75) is 6.04 Å². The Bertz CT molecular complexity index is 68.2. The van der Waals surface area contributed by atoms with E-state index in [1.165, 1.54) is 0 Å². The molecule has 0 N–H and O–H groups in total. The molecule has 1 heterocycles. The zero-order valence-electron chi connectivity index (χ0n) is 5.26. The van der Waals surface area contributed by atoms with Crippen LogP contribution in [0.1, 0.15) is 0 Å². The van der Waals surface area contributed by atoms with Crippen LogP contribution in [0, 0.1) is 6.92 Å². The number of nitrogens with zero attached hydrogens (tertiary/aromatic N) is 1. The molecule has 0 aromatic carbocycles. The zero-order chi connectivity index (χ0) is 5.98. The molecule has 0 aliphatic carbocycles. The molecule has 0 aromatic rings. The molecule has 1 fully saturated rings. The fourth-order valence-electron chi connectivity index (χ4n) is 0.660. The van der Waals surface area contributed by atoms with Crippen LogP contribution < -0.4 is 0 Å². The van der Waals surface area contributed by atoms with Gasteiger partial charge in [0, 0.05) is 0 Å². The Kier molecular flexibility index (Phi) is 1.86. The largest absolute Gasteiger partial charge is 0.378 e. The molecular weight excluding hydrogens is 102 g/mol. The summed E-state index contributed by atoms with van der Waals surface area (Å²) in [5.74, 6) is 0. The van der Waals surface area contributed by atoms with Crippen molar-refractivity contribution in [3.05, 3.63) is 6.92 Å². The van der Waals surface area contributed by atoms with E-state index in [2.05, 4.69) is 18.9 Å². The van der Waals surface area contributed by atoms with Gasteiger partial charge < -0.3 is 4.74 Å². The average molecular weight is 114 g/mol. The van der Waals surface area contributed by atoms with E-state index in [0.29, 0.717) is 6.04 Å². The van der Waals surface area contributed by atoms with Crippen molar-refractivity contribution in [3.8, 4) is 0 Å². The van der Waals surface area contributed by atoms with Crippen LogP contribution in [0.3, 0.4) is 0 Å². The van der Waals surface area contributed by atoms with Crippen LogP contribution in [0.2, 0.25) is 0 Å². The van der Waals surface area contributed by atoms with Gasteiger partial charge in [0.25, 0.3) is 0 Å². The van der Waals surface area contributed by atoms with Crippen LogP contribution >= 0.6 is 0 Å². The molecule has 8 heavy (non-hydrogen) atoms. The first-order valence-electron chi connectivity index (χ1n) is 2.92. The Balaban J connectivity index is 2.13. The maximum Gasteiger partial charge on any atom is 0.0645 e. The van der Waals surface area contributed by atoms with E-state index in [1.807, 2.05) is 0 Å². The van der Waals surface area contributed by atoms with Gasteiger partial charge in [0.15, 0.2) is 0 Å². The Morgan fingerprint density at radius 2 is 2.38 bits per heavy atom. The van der Waals surface area contributed by atoms with Crippen LogP contribution in [0.5, 0.6) is 0 Å². The first-order chi connectivity index (χ1) is 3.84. The molecule has 0 spiro atoms. The van der Waals surface area contributed by atoms with Crippen LogP contribution in [0.15, 0.2) is 0 Å². The molecule has 1 saturated heterocycles. The van der Waals surface area contributed by atoms with Crippen molar-refractivity contribution in [2.75, 3.05) is 26.8 Å². The van der Waals surface area contributed by atoms with Gasteiger partial charge in [-0.2, -0.15) is 0 Å². The van der Waals surface area contributed by atoms with Crippen LogP contribution in [0.4, 0.5) is 0 Å². The smallest absolute Gasteiger partial charge is 0.0645 e. The molecule has 0 unspecified atom stereocenters. The zero-order valence-corrected chi connectivity index (χ0v) is 5.26. The predicted molar refractivity (Wildman–Crippen MR) is 32.6 cm³/mol. The minimum absolute atomic E-state index is 0.646. The van der Waals surface area contributed by atoms with Gasteiger partial charge in [0.05, 0.1) is 19.3 Å². The Morgan fingerprint density at radius 1 is 1.75 bits per heavy atom. The lowest BCUT2D eigenvalue weighted by Gasteiger charge is -2.33. The van der Waals surface area contributed by atoms with Gasteiger partial charge in [-0.05, 0) is 20.5 Å². The molecule has 1 rings (SSSR count). The standard InChI is InChI=1S/C6H12NO/c1-3-7(2)6-4-8-5-6/h6H,1,3-5H2,2H3. The van der Waals surface area contributed by atoms with Crippen molar-refractivity contribution in [3.63, 3.8) is 0 Å². The highest BCUT2D eigenvalue weighted by molar-refractivity contribution is 4.74. The lowest BCUT2D eigenvalue weighted by atomic mass is 10.2. The predicted octanol–water partition coefficient (Wildman–Crippen LogP) is 0.151. The van der Waals surface area contributed by atoms with Gasteiger partial charge in [0.2, 0.25) is 0 Å². The minimum atomic E-state index is 0.646. The summed E-state index contributed by atoms with van der Waals surface area (Å²) in [4.78, 5) is 2.20. The monoisotopic (exact) mass is 114 g/mol. The van der Waals surface area contributed by atoms with Crippen molar-refractivity contribution < 1.29 is 4.74 Å². The summed E-state index contributed by atoms with van der Waals surface area (Å²) < 4.78 is 4.99. The second-order valence-electron chi connectivity index (χ2n) is 2.17. The van der Waals surface area contributed by atoms with Crippen molar-refractivity contribution >= 4 is 0 Å². The first kappa shape index (κ1) is 6.05. The van der Waals surface area contributed by atoms with Crippen molar-refractivity contribution in [1.82, 2.24) is 4.90 Å². The molecule has 0 bridgehead atoms. The van der Waals surface area contributed by atoms with E-state index in [0.717, 1.165) is 19.8 Å². The topological polar surface area (TPSA) is 12.5 Å². The number of rotatable bonds is 2. The van der Waals surface area contributed by atoms with E-state index < -0.39 is 0 Å². The second kappa shape index (κ2) is 2.46. The first-order valence-corrected chi connectivity index (χ1v) is 2.92. The van der Waals surface area contributed by atoms with Gasteiger partial charge in [-0.1, -0.05) is 0 Å². The number of ether oxygens (including phenoxy) is 1. The lowest BCUT2D eigenvalue weighted by Crippen LogP contribution is -2.46. The number of likely N-dealkylation sites (N-methyl/N-ethyl adjacent to an activating group) is 1. The summed E-state index contributed by atoms with van der Waals surface area (Å²) in [5, 5.41) is 0. The molecule has 0 saturated carbocycles. The quantitative estimate of drug-likeness (QED) is 0.506. The Labute approximate surface area is 50.4 Å². The van der Waals surface area contributed by atoms with Gasteiger partial charge in [-0.3, -0.25) is 4.90 Å². The Morgan fingerprint density at radius 3 is 2.50 bits per heavy atom. The number of hydrogen-bond acceptors (Lipinski definition) is 2.